The highest BCUT2D eigenvalue weighted by atomic mass is 32.2. The summed E-state index contributed by atoms with van der Waals surface area (Å²) < 4.78 is 26.8. The fourth-order valence-corrected chi connectivity index (χ4v) is 5.69. The second-order valence-corrected chi connectivity index (χ2v) is 10.2. The van der Waals surface area contributed by atoms with E-state index in [0.29, 0.717) is 25.9 Å². The molecule has 1 aromatic rings. The first-order valence-electron chi connectivity index (χ1n) is 10.3. The van der Waals surface area contributed by atoms with Crippen LogP contribution in [0.3, 0.4) is 0 Å². The molecule has 0 bridgehead atoms. The zero-order valence-electron chi connectivity index (χ0n) is 16.9. The minimum atomic E-state index is -3.53. The lowest BCUT2D eigenvalue weighted by atomic mass is 9.96. The molecule has 1 aromatic heterocycles. The minimum Gasteiger partial charge on any atom is -0.352 e. The molecule has 2 saturated heterocycles. The maximum Gasteiger partial charge on any atom is 0.244 e. The highest BCUT2D eigenvalue weighted by molar-refractivity contribution is 7.89. The third kappa shape index (κ3) is 5.30. The van der Waals surface area contributed by atoms with Crippen molar-refractivity contribution in [1.29, 1.82) is 0 Å². The summed E-state index contributed by atoms with van der Waals surface area (Å²) in [6.45, 7) is 8.16. The van der Waals surface area contributed by atoms with Gasteiger partial charge in [-0.25, -0.2) is 8.42 Å². The molecule has 2 fully saturated rings. The first-order valence-corrected chi connectivity index (χ1v) is 11.7. The van der Waals surface area contributed by atoms with Crippen LogP contribution >= 0.6 is 0 Å². The first kappa shape index (κ1) is 21.2. The molecule has 2 atom stereocenters. The molecule has 0 aliphatic carbocycles. The summed E-state index contributed by atoms with van der Waals surface area (Å²) >= 11 is 0. The number of piperidine rings is 2. The lowest BCUT2D eigenvalue weighted by Gasteiger charge is -2.34. The predicted octanol–water partition coefficient (Wildman–Crippen LogP) is 1.72. The summed E-state index contributed by atoms with van der Waals surface area (Å²) in [7, 11) is -3.53. The van der Waals surface area contributed by atoms with Crippen molar-refractivity contribution in [1.82, 2.24) is 19.5 Å². The molecule has 3 rings (SSSR count). The summed E-state index contributed by atoms with van der Waals surface area (Å²) in [5, 5.41) is 3.14. The van der Waals surface area contributed by atoms with Crippen LogP contribution in [0.25, 0.3) is 0 Å². The molecule has 0 radical (unpaired) electrons. The van der Waals surface area contributed by atoms with Gasteiger partial charge in [0.2, 0.25) is 15.9 Å². The van der Waals surface area contributed by atoms with Gasteiger partial charge in [-0.1, -0.05) is 6.92 Å². The molecule has 1 amide bonds. The third-order valence-corrected chi connectivity index (χ3v) is 7.64. The van der Waals surface area contributed by atoms with Crippen molar-refractivity contribution in [3.8, 4) is 0 Å². The van der Waals surface area contributed by atoms with Crippen LogP contribution in [0.1, 0.15) is 39.5 Å². The molecule has 1 N–H and O–H groups in total. The Kier molecular flexibility index (Phi) is 7.06. The van der Waals surface area contributed by atoms with Gasteiger partial charge in [0, 0.05) is 50.5 Å². The summed E-state index contributed by atoms with van der Waals surface area (Å²) in [6, 6.07) is 3.29. The van der Waals surface area contributed by atoms with Gasteiger partial charge in [-0.15, -0.1) is 0 Å². The summed E-state index contributed by atoms with van der Waals surface area (Å²) in [4.78, 5) is 19.2. The van der Waals surface area contributed by atoms with E-state index in [0.717, 1.165) is 25.6 Å². The Morgan fingerprint density at radius 3 is 2.68 bits per heavy atom. The van der Waals surface area contributed by atoms with E-state index in [1.165, 1.54) is 23.3 Å². The van der Waals surface area contributed by atoms with E-state index < -0.39 is 10.0 Å². The average molecular weight is 409 g/mol. The highest BCUT2D eigenvalue weighted by Crippen LogP contribution is 2.23. The van der Waals surface area contributed by atoms with E-state index in [9.17, 15) is 13.2 Å². The number of likely N-dealkylation sites (tertiary alicyclic amines) is 1. The molecule has 8 heteroatoms. The van der Waals surface area contributed by atoms with Crippen molar-refractivity contribution in [2.45, 2.75) is 50.5 Å². The fourth-order valence-electron chi connectivity index (χ4n) is 4.25. The van der Waals surface area contributed by atoms with Gasteiger partial charge in [0.15, 0.2) is 0 Å². The van der Waals surface area contributed by atoms with Crippen molar-refractivity contribution >= 4 is 15.9 Å². The molecule has 2 aliphatic heterocycles. The smallest absolute Gasteiger partial charge is 0.244 e. The van der Waals surface area contributed by atoms with Crippen molar-refractivity contribution in [3.05, 3.63) is 24.5 Å². The molecule has 3 heterocycles. The number of pyridine rings is 1. The van der Waals surface area contributed by atoms with Gasteiger partial charge < -0.3 is 10.2 Å². The predicted molar refractivity (Wildman–Crippen MR) is 108 cm³/mol. The number of nitrogens with one attached hydrogen (secondary N) is 1. The highest BCUT2D eigenvalue weighted by Gasteiger charge is 2.32. The topological polar surface area (TPSA) is 82.6 Å². The van der Waals surface area contributed by atoms with E-state index in [4.69, 9.17) is 0 Å². The number of carbonyl (C=O) groups is 1. The van der Waals surface area contributed by atoms with Crippen LogP contribution in [-0.2, 0) is 14.8 Å². The Hall–Kier alpha value is -1.51. The number of hydrogen-bond donors (Lipinski definition) is 1. The van der Waals surface area contributed by atoms with Gasteiger partial charge >= 0.3 is 0 Å². The molecule has 0 unspecified atom stereocenters. The van der Waals surface area contributed by atoms with Crippen LogP contribution < -0.4 is 5.32 Å². The summed E-state index contributed by atoms with van der Waals surface area (Å²) in [6.07, 6.45) is 6.56. The number of rotatable bonds is 6. The SMILES string of the molecule is C[C@@H]1CCCN(C[C@@H](C)NC(=O)C2CCN(S(=O)(=O)c3cccnc3)CC2)C1. The minimum absolute atomic E-state index is 0.0518. The number of aromatic nitrogens is 1. The van der Waals surface area contributed by atoms with Gasteiger partial charge in [-0.3, -0.25) is 9.78 Å². The zero-order valence-corrected chi connectivity index (χ0v) is 17.7. The van der Waals surface area contributed by atoms with Crippen LogP contribution in [0.4, 0.5) is 0 Å². The number of amides is 1. The van der Waals surface area contributed by atoms with Crippen LogP contribution in [-0.4, -0.2) is 67.3 Å². The maximum absolute atomic E-state index is 12.7. The van der Waals surface area contributed by atoms with Gasteiger partial charge in [0.25, 0.3) is 0 Å². The van der Waals surface area contributed by atoms with Gasteiger partial charge in [-0.2, -0.15) is 4.31 Å². The molecule has 28 heavy (non-hydrogen) atoms. The Labute approximate surface area is 168 Å². The standard InChI is InChI=1S/C20H32N4O3S/c1-16-5-4-10-23(14-16)15-17(2)22-20(25)18-7-11-24(12-8-18)28(26,27)19-6-3-9-21-13-19/h3,6,9,13,16-18H,4-5,7-8,10-12,14-15H2,1-2H3,(H,22,25)/t16-,17-/m1/s1. The molecule has 0 saturated carbocycles. The molecular weight excluding hydrogens is 376 g/mol. The van der Waals surface area contributed by atoms with E-state index in [-0.39, 0.29) is 22.8 Å². The number of hydrogen-bond acceptors (Lipinski definition) is 5. The average Bonchev–Trinajstić information content (AvgIpc) is 2.68. The van der Waals surface area contributed by atoms with E-state index in [1.807, 2.05) is 0 Å². The third-order valence-electron chi connectivity index (χ3n) is 5.76. The monoisotopic (exact) mass is 408 g/mol. The Morgan fingerprint density at radius 2 is 2.04 bits per heavy atom. The second-order valence-electron chi connectivity index (χ2n) is 8.28. The fraction of sp³-hybridized carbons (Fsp3) is 0.700. The molecular formula is C20H32N4O3S. The number of sulfonamides is 1. The first-order chi connectivity index (χ1) is 13.4. The zero-order chi connectivity index (χ0) is 20.1. The van der Waals surface area contributed by atoms with Crippen LogP contribution in [0.2, 0.25) is 0 Å². The molecule has 7 nitrogen and oxygen atoms in total. The molecule has 0 aromatic carbocycles. The number of nitrogens with zero attached hydrogens (tertiary/aromatic N) is 3. The second kappa shape index (κ2) is 9.33. The lowest BCUT2D eigenvalue weighted by Crippen LogP contribution is -2.48. The van der Waals surface area contributed by atoms with Gasteiger partial charge in [0.1, 0.15) is 4.90 Å². The van der Waals surface area contributed by atoms with Gasteiger partial charge in [-0.05, 0) is 57.2 Å². The van der Waals surface area contributed by atoms with Crippen LogP contribution in [0.5, 0.6) is 0 Å². The van der Waals surface area contributed by atoms with Crippen molar-refractivity contribution in [2.24, 2.45) is 11.8 Å². The largest absolute Gasteiger partial charge is 0.352 e. The summed E-state index contributed by atoms with van der Waals surface area (Å²) in [5.41, 5.74) is 0. The maximum atomic E-state index is 12.7. The summed E-state index contributed by atoms with van der Waals surface area (Å²) in [5.74, 6) is 0.654. The van der Waals surface area contributed by atoms with Crippen molar-refractivity contribution in [3.63, 3.8) is 0 Å². The van der Waals surface area contributed by atoms with Crippen LogP contribution in [0.15, 0.2) is 29.4 Å². The van der Waals surface area contributed by atoms with Gasteiger partial charge in [0.05, 0.1) is 0 Å². The van der Waals surface area contributed by atoms with E-state index in [2.05, 4.69) is 29.0 Å². The van der Waals surface area contributed by atoms with Crippen molar-refractivity contribution < 1.29 is 13.2 Å². The Morgan fingerprint density at radius 1 is 1.29 bits per heavy atom. The number of carbonyl (C=O) groups excluding carboxylic acids is 1. The quantitative estimate of drug-likeness (QED) is 0.775. The van der Waals surface area contributed by atoms with E-state index >= 15 is 0 Å². The molecule has 2 aliphatic rings. The van der Waals surface area contributed by atoms with E-state index in [1.54, 1.807) is 18.3 Å². The normalized spacial score (nSPS) is 24.0. The lowest BCUT2D eigenvalue weighted by molar-refractivity contribution is -0.126. The molecule has 0 spiro atoms. The van der Waals surface area contributed by atoms with Crippen LogP contribution in [0, 0.1) is 11.8 Å². The van der Waals surface area contributed by atoms with Crippen molar-refractivity contribution in [2.75, 3.05) is 32.7 Å². The Balaban J connectivity index is 1.47. The Bertz CT molecular complexity index is 748. The molecule has 156 valence electrons.